The third-order valence-corrected chi connectivity index (χ3v) is 3.08. The minimum atomic E-state index is -4.52. The van der Waals surface area contributed by atoms with Crippen LogP contribution in [0.1, 0.15) is 26.3 Å². The van der Waals surface area contributed by atoms with Crippen molar-refractivity contribution in [3.05, 3.63) is 75.3 Å². The van der Waals surface area contributed by atoms with Gasteiger partial charge in [0.15, 0.2) is 0 Å². The number of hydrogen-bond acceptors (Lipinski definition) is 4. The molecule has 2 amide bonds. The fraction of sp³-hybridized carbons (Fsp3) is 0.0667. The van der Waals surface area contributed by atoms with Crippen LogP contribution in [0, 0.1) is 10.1 Å². The average molecular weight is 353 g/mol. The number of hydrazine groups is 1. The maximum Gasteiger partial charge on any atom is 0.416 e. The van der Waals surface area contributed by atoms with Gasteiger partial charge in [-0.2, -0.15) is 13.2 Å². The zero-order valence-corrected chi connectivity index (χ0v) is 12.3. The Balaban J connectivity index is 2.01. The number of nitrogens with one attached hydrogen (secondary N) is 2. The molecular formula is C15H10F3N3O4. The van der Waals surface area contributed by atoms with Crippen LogP contribution in [0.4, 0.5) is 18.9 Å². The van der Waals surface area contributed by atoms with Crippen molar-refractivity contribution < 1.29 is 27.7 Å². The first-order valence-electron chi connectivity index (χ1n) is 6.71. The quantitative estimate of drug-likeness (QED) is 0.654. The molecule has 2 aromatic carbocycles. The Morgan fingerprint density at radius 3 is 2.00 bits per heavy atom. The first-order valence-corrected chi connectivity index (χ1v) is 6.71. The summed E-state index contributed by atoms with van der Waals surface area (Å²) in [5.74, 6) is -1.66. The number of amides is 2. The van der Waals surface area contributed by atoms with E-state index in [0.717, 1.165) is 30.3 Å². The number of carbonyl (C=O) groups is 2. The van der Waals surface area contributed by atoms with Crippen LogP contribution in [0.25, 0.3) is 0 Å². The highest BCUT2D eigenvalue weighted by molar-refractivity contribution is 5.99. The lowest BCUT2D eigenvalue weighted by molar-refractivity contribution is -0.384. The molecule has 0 unspecified atom stereocenters. The second-order valence-electron chi connectivity index (χ2n) is 4.79. The van der Waals surface area contributed by atoms with Gasteiger partial charge in [-0.3, -0.25) is 30.6 Å². The van der Waals surface area contributed by atoms with E-state index < -0.39 is 28.5 Å². The Morgan fingerprint density at radius 2 is 1.48 bits per heavy atom. The lowest BCUT2D eigenvalue weighted by Crippen LogP contribution is -2.41. The van der Waals surface area contributed by atoms with E-state index in [4.69, 9.17) is 0 Å². The summed E-state index contributed by atoms with van der Waals surface area (Å²) >= 11 is 0. The van der Waals surface area contributed by atoms with Crippen LogP contribution in [-0.4, -0.2) is 16.7 Å². The average Bonchev–Trinajstić information content (AvgIpc) is 2.58. The number of halogens is 3. The van der Waals surface area contributed by atoms with Crippen LogP contribution in [0.15, 0.2) is 48.5 Å². The molecule has 0 aliphatic rings. The van der Waals surface area contributed by atoms with Crippen molar-refractivity contribution in [1.82, 2.24) is 10.9 Å². The molecule has 0 aliphatic carbocycles. The molecule has 2 N–H and O–H groups in total. The van der Waals surface area contributed by atoms with Gasteiger partial charge in [-0.05, 0) is 30.3 Å². The van der Waals surface area contributed by atoms with Gasteiger partial charge in [0, 0.05) is 23.3 Å². The Hall–Kier alpha value is -3.43. The molecule has 2 rings (SSSR count). The lowest BCUT2D eigenvalue weighted by Gasteiger charge is -2.09. The zero-order chi connectivity index (χ0) is 18.6. The normalized spacial score (nSPS) is 10.8. The van der Waals surface area contributed by atoms with Gasteiger partial charge >= 0.3 is 6.18 Å². The molecule has 130 valence electrons. The van der Waals surface area contributed by atoms with Crippen LogP contribution in [0.5, 0.6) is 0 Å². The topological polar surface area (TPSA) is 101 Å². The molecule has 0 atom stereocenters. The molecular weight excluding hydrogens is 343 g/mol. The van der Waals surface area contributed by atoms with Crippen LogP contribution in [0.2, 0.25) is 0 Å². The largest absolute Gasteiger partial charge is 0.416 e. The third kappa shape index (κ3) is 4.53. The fourth-order valence-electron chi connectivity index (χ4n) is 1.83. The Kier molecular flexibility index (Phi) is 5.01. The number of benzene rings is 2. The van der Waals surface area contributed by atoms with Crippen molar-refractivity contribution in [2.75, 3.05) is 0 Å². The first kappa shape index (κ1) is 17.9. The summed E-state index contributed by atoms with van der Waals surface area (Å²) < 4.78 is 37.3. The first-order chi connectivity index (χ1) is 11.7. The highest BCUT2D eigenvalue weighted by Crippen LogP contribution is 2.29. The van der Waals surface area contributed by atoms with E-state index in [9.17, 15) is 32.9 Å². The SMILES string of the molecule is O=C(NNC(=O)c1cccc([N+](=O)[O-])c1)c1ccc(C(F)(F)F)cc1. The molecule has 2 aromatic rings. The summed E-state index contributed by atoms with van der Waals surface area (Å²) in [6.45, 7) is 0. The van der Waals surface area contributed by atoms with Crippen molar-refractivity contribution in [3.8, 4) is 0 Å². The van der Waals surface area contributed by atoms with Gasteiger partial charge in [-0.25, -0.2) is 0 Å². The second-order valence-corrected chi connectivity index (χ2v) is 4.79. The summed E-state index contributed by atoms with van der Waals surface area (Å²) in [7, 11) is 0. The van der Waals surface area contributed by atoms with Crippen LogP contribution in [-0.2, 0) is 6.18 Å². The fourth-order valence-corrected chi connectivity index (χ4v) is 1.83. The number of alkyl halides is 3. The maximum absolute atomic E-state index is 12.4. The molecule has 10 heteroatoms. The highest BCUT2D eigenvalue weighted by Gasteiger charge is 2.30. The smallest absolute Gasteiger partial charge is 0.267 e. The van der Waals surface area contributed by atoms with Crippen molar-refractivity contribution in [3.63, 3.8) is 0 Å². The van der Waals surface area contributed by atoms with E-state index in [1.165, 1.54) is 18.2 Å². The van der Waals surface area contributed by atoms with E-state index in [2.05, 4.69) is 0 Å². The number of nitro groups is 1. The van der Waals surface area contributed by atoms with Crippen LogP contribution >= 0.6 is 0 Å². The predicted molar refractivity (Wildman–Crippen MR) is 79.5 cm³/mol. The second kappa shape index (κ2) is 6.99. The summed E-state index contributed by atoms with van der Waals surface area (Å²) in [6, 6.07) is 8.18. The summed E-state index contributed by atoms with van der Waals surface area (Å²) in [5.41, 5.74) is 2.65. The van der Waals surface area contributed by atoms with Gasteiger partial charge in [0.2, 0.25) is 0 Å². The number of non-ortho nitro benzene ring substituents is 1. The van der Waals surface area contributed by atoms with E-state index in [-0.39, 0.29) is 16.8 Å². The van der Waals surface area contributed by atoms with Gasteiger partial charge in [-0.1, -0.05) is 6.07 Å². The molecule has 0 radical (unpaired) electrons. The Morgan fingerprint density at radius 1 is 0.920 bits per heavy atom. The van der Waals surface area contributed by atoms with Gasteiger partial charge in [0.25, 0.3) is 17.5 Å². The molecule has 0 saturated carbocycles. The zero-order valence-electron chi connectivity index (χ0n) is 12.3. The molecule has 0 saturated heterocycles. The number of nitrogens with zero attached hydrogens (tertiary/aromatic N) is 1. The molecule has 25 heavy (non-hydrogen) atoms. The molecule has 0 bridgehead atoms. The predicted octanol–water partition coefficient (Wildman–Crippen LogP) is 2.69. The lowest BCUT2D eigenvalue weighted by atomic mass is 10.1. The van der Waals surface area contributed by atoms with Crippen LogP contribution in [0.3, 0.4) is 0 Å². The van der Waals surface area contributed by atoms with E-state index in [0.29, 0.717) is 0 Å². The van der Waals surface area contributed by atoms with Crippen molar-refractivity contribution in [1.29, 1.82) is 0 Å². The highest BCUT2D eigenvalue weighted by atomic mass is 19.4. The molecule has 7 nitrogen and oxygen atoms in total. The number of carbonyl (C=O) groups excluding carboxylic acids is 2. The van der Waals surface area contributed by atoms with E-state index in [1.54, 1.807) is 0 Å². The summed E-state index contributed by atoms with van der Waals surface area (Å²) in [6.07, 6.45) is -4.52. The Labute approximate surface area is 138 Å². The molecule has 0 spiro atoms. The Bertz CT molecular complexity index is 820. The standard InChI is InChI=1S/C15H10F3N3O4/c16-15(17,18)11-6-4-9(5-7-11)13(22)19-20-14(23)10-2-1-3-12(8-10)21(24)25/h1-8H,(H,19,22)(H,20,23). The van der Waals surface area contributed by atoms with Gasteiger partial charge in [0.1, 0.15) is 0 Å². The minimum absolute atomic E-state index is 0.0677. The van der Waals surface area contributed by atoms with Gasteiger partial charge < -0.3 is 0 Å². The number of nitro benzene ring substituents is 1. The van der Waals surface area contributed by atoms with Gasteiger partial charge in [0.05, 0.1) is 10.5 Å². The van der Waals surface area contributed by atoms with Crippen molar-refractivity contribution >= 4 is 17.5 Å². The van der Waals surface area contributed by atoms with E-state index >= 15 is 0 Å². The van der Waals surface area contributed by atoms with Crippen LogP contribution < -0.4 is 10.9 Å². The maximum atomic E-state index is 12.4. The summed E-state index contributed by atoms with van der Waals surface area (Å²) in [4.78, 5) is 33.6. The minimum Gasteiger partial charge on any atom is -0.267 e. The molecule has 0 aromatic heterocycles. The summed E-state index contributed by atoms with van der Waals surface area (Å²) in [5, 5.41) is 10.6. The molecule has 0 aliphatic heterocycles. The number of hydrogen-bond donors (Lipinski definition) is 2. The monoisotopic (exact) mass is 353 g/mol. The van der Waals surface area contributed by atoms with E-state index in [1.807, 2.05) is 10.9 Å². The van der Waals surface area contributed by atoms with Crippen molar-refractivity contribution in [2.45, 2.75) is 6.18 Å². The molecule has 0 heterocycles. The third-order valence-electron chi connectivity index (χ3n) is 3.08. The van der Waals surface area contributed by atoms with Crippen molar-refractivity contribution in [2.24, 2.45) is 0 Å². The van der Waals surface area contributed by atoms with Gasteiger partial charge in [-0.15, -0.1) is 0 Å². The number of rotatable bonds is 3. The molecule has 0 fully saturated rings.